The molecule has 0 heterocycles. The molecule has 0 aromatic rings. The number of carboxylic acids is 1. The van der Waals surface area contributed by atoms with Crippen LogP contribution >= 0.6 is 0 Å². The molecule has 1 aliphatic carbocycles. The van der Waals surface area contributed by atoms with Gasteiger partial charge in [-0.2, -0.15) is 0 Å². The van der Waals surface area contributed by atoms with E-state index in [0.29, 0.717) is 0 Å². The quantitative estimate of drug-likeness (QED) is 0.482. The van der Waals surface area contributed by atoms with Gasteiger partial charge in [-0.1, -0.05) is 0 Å². The molecule has 0 bridgehead atoms. The van der Waals surface area contributed by atoms with E-state index in [9.17, 15) is 19.5 Å². The molecule has 0 spiro atoms. The Labute approximate surface area is 110 Å². The average molecular weight is 273 g/mol. The van der Waals surface area contributed by atoms with E-state index in [1.807, 2.05) is 0 Å². The molecule has 1 fully saturated rings. The molecular formula is C11H19N3O5. The summed E-state index contributed by atoms with van der Waals surface area (Å²) < 4.78 is 0. The van der Waals surface area contributed by atoms with Crippen LogP contribution in [0.25, 0.3) is 0 Å². The molecule has 0 radical (unpaired) electrons. The van der Waals surface area contributed by atoms with E-state index < -0.39 is 24.1 Å². The van der Waals surface area contributed by atoms with Gasteiger partial charge in [0.25, 0.3) is 0 Å². The summed E-state index contributed by atoms with van der Waals surface area (Å²) in [6.45, 7) is 0.530. The van der Waals surface area contributed by atoms with Gasteiger partial charge in [0, 0.05) is 13.1 Å². The average Bonchev–Trinajstić information content (AvgIpc) is 3.09. The van der Waals surface area contributed by atoms with Gasteiger partial charge in [-0.3, -0.25) is 4.79 Å². The van der Waals surface area contributed by atoms with Crippen LogP contribution in [0.5, 0.6) is 0 Å². The van der Waals surface area contributed by atoms with Crippen LogP contribution in [0.3, 0.4) is 0 Å². The Balaban J connectivity index is 2.31. The molecule has 8 nitrogen and oxygen atoms in total. The van der Waals surface area contributed by atoms with E-state index in [2.05, 4.69) is 10.6 Å². The van der Waals surface area contributed by atoms with Gasteiger partial charge in [0.1, 0.15) is 6.54 Å². The van der Waals surface area contributed by atoms with Gasteiger partial charge in [0.15, 0.2) is 5.60 Å². The maximum Gasteiger partial charge on any atom is 0.337 e. The van der Waals surface area contributed by atoms with Crippen molar-refractivity contribution < 1.29 is 24.6 Å². The standard InChI is InChI=1S/C11H19N3O5/c1-11(19,9(16)17)6-12-10(18)14(2)5-8(15)13-7-3-4-7/h7,19H,3-6H2,1-2H3,(H,12,18)(H,13,15)(H,16,17). The molecule has 1 atom stereocenters. The van der Waals surface area contributed by atoms with E-state index in [4.69, 9.17) is 5.11 Å². The number of amides is 3. The monoisotopic (exact) mass is 273 g/mol. The highest BCUT2D eigenvalue weighted by atomic mass is 16.4. The molecule has 0 saturated heterocycles. The topological polar surface area (TPSA) is 119 Å². The van der Waals surface area contributed by atoms with Gasteiger partial charge >= 0.3 is 12.0 Å². The largest absolute Gasteiger partial charge is 0.479 e. The summed E-state index contributed by atoms with van der Waals surface area (Å²) in [5.41, 5.74) is -2.03. The number of carbonyl (C=O) groups is 3. The fraction of sp³-hybridized carbons (Fsp3) is 0.727. The maximum atomic E-state index is 11.6. The number of likely N-dealkylation sites (N-methyl/N-ethyl adjacent to an activating group) is 1. The van der Waals surface area contributed by atoms with Gasteiger partial charge in [-0.25, -0.2) is 9.59 Å². The third-order valence-electron chi connectivity index (χ3n) is 2.71. The van der Waals surface area contributed by atoms with Crippen molar-refractivity contribution in [1.29, 1.82) is 0 Å². The van der Waals surface area contributed by atoms with Crippen LogP contribution in [0.1, 0.15) is 19.8 Å². The highest BCUT2D eigenvalue weighted by Gasteiger charge is 2.31. The first-order chi connectivity index (χ1) is 8.72. The number of aliphatic hydroxyl groups is 1. The number of carboxylic acid groups (broad SMARTS) is 1. The second kappa shape index (κ2) is 5.87. The SMILES string of the molecule is CN(CC(=O)NC1CC1)C(=O)NCC(C)(O)C(=O)O. The lowest BCUT2D eigenvalue weighted by Crippen LogP contribution is -2.50. The van der Waals surface area contributed by atoms with Crippen molar-refractivity contribution in [1.82, 2.24) is 15.5 Å². The number of aliphatic carboxylic acids is 1. The molecular weight excluding hydrogens is 254 g/mol. The molecule has 8 heteroatoms. The third kappa shape index (κ3) is 5.12. The molecule has 1 unspecified atom stereocenters. The first-order valence-corrected chi connectivity index (χ1v) is 5.96. The van der Waals surface area contributed by atoms with Crippen molar-refractivity contribution in [3.05, 3.63) is 0 Å². The Hall–Kier alpha value is -1.83. The molecule has 3 amide bonds. The van der Waals surface area contributed by atoms with Gasteiger partial charge < -0.3 is 25.7 Å². The van der Waals surface area contributed by atoms with Gasteiger partial charge in [0.2, 0.25) is 5.91 Å². The van der Waals surface area contributed by atoms with Crippen LogP contribution in [0.2, 0.25) is 0 Å². The summed E-state index contributed by atoms with van der Waals surface area (Å²) >= 11 is 0. The Kier molecular flexibility index (Phi) is 4.71. The lowest BCUT2D eigenvalue weighted by Gasteiger charge is -2.22. The fourth-order valence-electron chi connectivity index (χ4n) is 1.25. The van der Waals surface area contributed by atoms with Crippen LogP contribution in [0.4, 0.5) is 4.79 Å². The number of urea groups is 1. The van der Waals surface area contributed by atoms with Crippen LogP contribution in [0.15, 0.2) is 0 Å². The molecule has 19 heavy (non-hydrogen) atoms. The van der Waals surface area contributed by atoms with Crippen molar-refractivity contribution in [3.8, 4) is 0 Å². The number of hydrogen-bond acceptors (Lipinski definition) is 4. The Morgan fingerprint density at radius 1 is 1.37 bits per heavy atom. The first-order valence-electron chi connectivity index (χ1n) is 5.96. The van der Waals surface area contributed by atoms with Gasteiger partial charge in [-0.15, -0.1) is 0 Å². The number of nitrogens with zero attached hydrogens (tertiary/aromatic N) is 1. The normalized spacial score (nSPS) is 17.2. The van der Waals surface area contributed by atoms with Crippen LogP contribution < -0.4 is 10.6 Å². The zero-order valence-electron chi connectivity index (χ0n) is 11.0. The summed E-state index contributed by atoms with van der Waals surface area (Å²) in [6.07, 6.45) is 1.92. The number of nitrogens with one attached hydrogen (secondary N) is 2. The highest BCUT2D eigenvalue weighted by molar-refractivity contribution is 5.84. The van der Waals surface area contributed by atoms with Crippen LogP contribution in [-0.2, 0) is 9.59 Å². The Bertz CT molecular complexity index is 379. The van der Waals surface area contributed by atoms with Gasteiger partial charge in [0.05, 0.1) is 6.54 Å². The predicted octanol–water partition coefficient (Wildman–Crippen LogP) is -1.26. The minimum absolute atomic E-state index is 0.114. The minimum atomic E-state index is -2.03. The fourth-order valence-corrected chi connectivity index (χ4v) is 1.25. The second-order valence-electron chi connectivity index (χ2n) is 4.94. The molecule has 1 saturated carbocycles. The van der Waals surface area contributed by atoms with E-state index in [-0.39, 0.29) is 18.5 Å². The maximum absolute atomic E-state index is 11.6. The van der Waals surface area contributed by atoms with Crippen molar-refractivity contribution in [2.75, 3.05) is 20.1 Å². The second-order valence-corrected chi connectivity index (χ2v) is 4.94. The van der Waals surface area contributed by atoms with Crippen molar-refractivity contribution in [2.45, 2.75) is 31.4 Å². The zero-order chi connectivity index (χ0) is 14.6. The molecule has 4 N–H and O–H groups in total. The lowest BCUT2D eigenvalue weighted by atomic mass is 10.1. The highest BCUT2D eigenvalue weighted by Crippen LogP contribution is 2.18. The molecule has 0 aliphatic heterocycles. The Morgan fingerprint density at radius 3 is 2.42 bits per heavy atom. The molecule has 108 valence electrons. The van der Waals surface area contributed by atoms with Crippen molar-refractivity contribution in [3.63, 3.8) is 0 Å². The summed E-state index contributed by atoms with van der Waals surface area (Å²) in [5.74, 6) is -1.69. The first kappa shape index (κ1) is 15.2. The summed E-state index contributed by atoms with van der Waals surface area (Å²) in [4.78, 5) is 34.8. The number of rotatable bonds is 6. The van der Waals surface area contributed by atoms with E-state index in [0.717, 1.165) is 24.7 Å². The smallest absolute Gasteiger partial charge is 0.337 e. The minimum Gasteiger partial charge on any atom is -0.479 e. The summed E-state index contributed by atoms with van der Waals surface area (Å²) in [5, 5.41) is 23.1. The number of carbonyl (C=O) groups excluding carboxylic acids is 2. The molecule has 1 aliphatic rings. The predicted molar refractivity (Wildman–Crippen MR) is 65.5 cm³/mol. The van der Waals surface area contributed by atoms with Crippen molar-refractivity contribution >= 4 is 17.9 Å². The van der Waals surface area contributed by atoms with Gasteiger partial charge in [-0.05, 0) is 19.8 Å². The van der Waals surface area contributed by atoms with E-state index in [1.165, 1.54) is 7.05 Å². The van der Waals surface area contributed by atoms with E-state index >= 15 is 0 Å². The third-order valence-corrected chi connectivity index (χ3v) is 2.71. The summed E-state index contributed by atoms with van der Waals surface area (Å²) in [7, 11) is 1.41. The van der Waals surface area contributed by atoms with E-state index in [1.54, 1.807) is 0 Å². The number of hydrogen-bond donors (Lipinski definition) is 4. The molecule has 0 aromatic heterocycles. The molecule has 0 aromatic carbocycles. The summed E-state index contributed by atoms with van der Waals surface area (Å²) in [6, 6.07) is -0.399. The van der Waals surface area contributed by atoms with Crippen molar-refractivity contribution in [2.24, 2.45) is 0 Å². The zero-order valence-corrected chi connectivity index (χ0v) is 11.0. The Morgan fingerprint density at radius 2 is 1.95 bits per heavy atom. The van der Waals surface area contributed by atoms with Crippen LogP contribution in [-0.4, -0.2) is 64.8 Å². The lowest BCUT2D eigenvalue weighted by molar-refractivity contribution is -0.155. The molecule has 1 rings (SSSR count). The van der Waals surface area contributed by atoms with Crippen LogP contribution in [0, 0.1) is 0 Å².